The zero-order valence-electron chi connectivity index (χ0n) is 14.2. The number of furan rings is 1. The van der Waals surface area contributed by atoms with Gasteiger partial charge in [0.2, 0.25) is 0 Å². The van der Waals surface area contributed by atoms with Crippen molar-refractivity contribution in [1.82, 2.24) is 4.90 Å². The van der Waals surface area contributed by atoms with Gasteiger partial charge in [-0.15, -0.1) is 0 Å². The highest BCUT2D eigenvalue weighted by Crippen LogP contribution is 2.52. The Bertz CT molecular complexity index is 764. The fourth-order valence-corrected chi connectivity index (χ4v) is 5.72. The third-order valence-corrected chi connectivity index (χ3v) is 6.57. The molecule has 3 fully saturated rings. The van der Waals surface area contributed by atoms with Gasteiger partial charge in [-0.25, -0.2) is 0 Å². The third kappa shape index (κ3) is 1.86. The molecule has 4 bridgehead atoms. The van der Waals surface area contributed by atoms with Crippen LogP contribution in [0.15, 0.2) is 22.6 Å². The molecule has 1 aliphatic carbocycles. The Morgan fingerprint density at radius 2 is 2.09 bits per heavy atom. The molecular formula is C20H25NO2. The Labute approximate surface area is 137 Å². The summed E-state index contributed by atoms with van der Waals surface area (Å²) in [5.74, 6) is 4.41. The molecule has 2 saturated heterocycles. The van der Waals surface area contributed by atoms with Crippen LogP contribution in [0.25, 0.3) is 11.0 Å². The summed E-state index contributed by atoms with van der Waals surface area (Å²) in [6, 6.07) is 7.52. The van der Waals surface area contributed by atoms with Crippen LogP contribution < -0.4 is 4.74 Å². The molecule has 4 aliphatic rings. The molecule has 0 amide bonds. The highest BCUT2D eigenvalue weighted by Gasteiger charge is 2.50. The molecule has 1 aromatic carbocycles. The summed E-state index contributed by atoms with van der Waals surface area (Å²) in [4.78, 5) is 2.79. The first kappa shape index (κ1) is 13.9. The van der Waals surface area contributed by atoms with Crippen molar-refractivity contribution in [2.45, 2.75) is 51.1 Å². The number of fused-ring (bicyclic) bond motifs is 4. The summed E-state index contributed by atoms with van der Waals surface area (Å²) >= 11 is 0. The molecule has 6 atom stereocenters. The highest BCUT2D eigenvalue weighted by atomic mass is 16.5. The molecule has 0 spiro atoms. The molecule has 3 aliphatic heterocycles. The Hall–Kier alpha value is -1.48. The SMILES string of the molecule is COc1ccc2oc3c(c2c1)CC(C)N1CC2CC(C)C1C3C2. The lowest BCUT2D eigenvalue weighted by Crippen LogP contribution is -2.58. The van der Waals surface area contributed by atoms with Gasteiger partial charge >= 0.3 is 0 Å². The van der Waals surface area contributed by atoms with E-state index in [1.54, 1.807) is 7.11 Å². The number of piperidine rings is 2. The molecule has 3 heteroatoms. The molecular weight excluding hydrogens is 286 g/mol. The van der Waals surface area contributed by atoms with E-state index in [1.807, 2.05) is 6.07 Å². The van der Waals surface area contributed by atoms with E-state index in [-0.39, 0.29) is 0 Å². The molecule has 2 aromatic rings. The molecule has 122 valence electrons. The molecule has 1 saturated carbocycles. The normalized spacial score (nSPS) is 38.4. The first-order chi connectivity index (χ1) is 11.2. The molecule has 23 heavy (non-hydrogen) atoms. The van der Waals surface area contributed by atoms with Crippen LogP contribution in [0.3, 0.4) is 0 Å². The number of ether oxygens (including phenoxy) is 1. The van der Waals surface area contributed by atoms with E-state index in [0.717, 1.165) is 29.6 Å². The van der Waals surface area contributed by atoms with E-state index in [9.17, 15) is 0 Å². The van der Waals surface area contributed by atoms with Crippen molar-refractivity contribution in [3.8, 4) is 5.75 Å². The van der Waals surface area contributed by atoms with Gasteiger partial charge in [-0.2, -0.15) is 0 Å². The molecule has 6 unspecified atom stereocenters. The first-order valence-electron chi connectivity index (χ1n) is 9.00. The van der Waals surface area contributed by atoms with Gasteiger partial charge in [0.05, 0.1) is 7.11 Å². The lowest BCUT2D eigenvalue weighted by atomic mass is 9.67. The number of benzene rings is 1. The van der Waals surface area contributed by atoms with Gasteiger partial charge in [-0.3, -0.25) is 4.90 Å². The summed E-state index contributed by atoms with van der Waals surface area (Å²) in [6.07, 6.45) is 3.80. The number of hydrogen-bond donors (Lipinski definition) is 0. The minimum absolute atomic E-state index is 0.579. The van der Waals surface area contributed by atoms with Crippen LogP contribution >= 0.6 is 0 Å². The van der Waals surface area contributed by atoms with Crippen molar-refractivity contribution in [3.63, 3.8) is 0 Å². The number of methoxy groups -OCH3 is 1. The monoisotopic (exact) mass is 311 g/mol. The lowest BCUT2D eigenvalue weighted by Gasteiger charge is -2.53. The van der Waals surface area contributed by atoms with E-state index < -0.39 is 0 Å². The van der Waals surface area contributed by atoms with Crippen LogP contribution in [0.1, 0.15) is 43.9 Å². The average molecular weight is 311 g/mol. The number of hydrogen-bond acceptors (Lipinski definition) is 3. The maximum atomic E-state index is 6.42. The fraction of sp³-hybridized carbons (Fsp3) is 0.600. The third-order valence-electron chi connectivity index (χ3n) is 6.57. The molecule has 0 N–H and O–H groups in total. The van der Waals surface area contributed by atoms with E-state index in [2.05, 4.69) is 30.9 Å². The van der Waals surface area contributed by atoms with Crippen molar-refractivity contribution in [3.05, 3.63) is 29.5 Å². The topological polar surface area (TPSA) is 25.6 Å². The average Bonchev–Trinajstić information content (AvgIpc) is 2.88. The second kappa shape index (κ2) is 4.76. The van der Waals surface area contributed by atoms with Crippen LogP contribution in [0.4, 0.5) is 0 Å². The zero-order valence-corrected chi connectivity index (χ0v) is 14.2. The predicted octanol–water partition coefficient (Wildman–Crippen LogP) is 4.20. The van der Waals surface area contributed by atoms with Gasteiger partial charge in [-0.05, 0) is 56.2 Å². The second-order valence-corrected chi connectivity index (χ2v) is 7.97. The summed E-state index contributed by atoms with van der Waals surface area (Å²) in [5, 5.41) is 1.27. The van der Waals surface area contributed by atoms with Crippen LogP contribution in [0.5, 0.6) is 5.75 Å². The van der Waals surface area contributed by atoms with Crippen LogP contribution in [-0.2, 0) is 6.42 Å². The van der Waals surface area contributed by atoms with Gasteiger partial charge in [-0.1, -0.05) is 6.92 Å². The standard InChI is InChI=1S/C20H25NO2/c1-11-6-13-8-17-19(11)21(10-13)12(2)7-16-15-9-14(22-3)4-5-18(15)23-20(16)17/h4-5,9,11-13,17,19H,6-8,10H2,1-3H3. The van der Waals surface area contributed by atoms with Gasteiger partial charge in [0.15, 0.2) is 0 Å². The predicted molar refractivity (Wildman–Crippen MR) is 91.1 cm³/mol. The highest BCUT2D eigenvalue weighted by molar-refractivity contribution is 5.84. The minimum Gasteiger partial charge on any atom is -0.497 e. The molecule has 6 rings (SSSR count). The van der Waals surface area contributed by atoms with Gasteiger partial charge in [0, 0.05) is 35.5 Å². The van der Waals surface area contributed by atoms with E-state index in [4.69, 9.17) is 9.15 Å². The summed E-state index contributed by atoms with van der Waals surface area (Å²) < 4.78 is 11.9. The molecule has 4 heterocycles. The maximum absolute atomic E-state index is 6.42. The Morgan fingerprint density at radius 1 is 1.22 bits per heavy atom. The van der Waals surface area contributed by atoms with Crippen LogP contribution in [0, 0.1) is 11.8 Å². The zero-order chi connectivity index (χ0) is 15.7. The van der Waals surface area contributed by atoms with E-state index in [1.165, 1.54) is 36.1 Å². The lowest BCUT2D eigenvalue weighted by molar-refractivity contribution is -0.0313. The summed E-state index contributed by atoms with van der Waals surface area (Å²) in [5.41, 5.74) is 2.48. The van der Waals surface area contributed by atoms with Crippen molar-refractivity contribution in [2.75, 3.05) is 13.7 Å². The number of rotatable bonds is 1. The van der Waals surface area contributed by atoms with Crippen molar-refractivity contribution in [2.24, 2.45) is 11.8 Å². The molecule has 3 nitrogen and oxygen atoms in total. The fourth-order valence-electron chi connectivity index (χ4n) is 5.72. The minimum atomic E-state index is 0.579. The van der Waals surface area contributed by atoms with Gasteiger partial charge in [0.25, 0.3) is 0 Å². The first-order valence-corrected chi connectivity index (χ1v) is 9.00. The maximum Gasteiger partial charge on any atom is 0.134 e. The quantitative estimate of drug-likeness (QED) is 0.789. The Kier molecular flexibility index (Phi) is 2.88. The van der Waals surface area contributed by atoms with E-state index in [0.29, 0.717) is 18.0 Å². The van der Waals surface area contributed by atoms with Crippen molar-refractivity contribution in [1.29, 1.82) is 0 Å². The Morgan fingerprint density at radius 3 is 2.87 bits per heavy atom. The smallest absolute Gasteiger partial charge is 0.134 e. The van der Waals surface area contributed by atoms with E-state index >= 15 is 0 Å². The Balaban J connectivity index is 1.71. The molecule has 1 aromatic heterocycles. The second-order valence-electron chi connectivity index (χ2n) is 7.97. The summed E-state index contributed by atoms with van der Waals surface area (Å²) in [7, 11) is 1.74. The van der Waals surface area contributed by atoms with Gasteiger partial charge < -0.3 is 9.15 Å². The van der Waals surface area contributed by atoms with Crippen molar-refractivity contribution < 1.29 is 9.15 Å². The van der Waals surface area contributed by atoms with Crippen LogP contribution in [-0.4, -0.2) is 30.6 Å². The van der Waals surface area contributed by atoms with Crippen LogP contribution in [0.2, 0.25) is 0 Å². The largest absolute Gasteiger partial charge is 0.497 e. The van der Waals surface area contributed by atoms with Gasteiger partial charge in [0.1, 0.15) is 17.1 Å². The molecule has 0 radical (unpaired) electrons. The van der Waals surface area contributed by atoms with Crippen molar-refractivity contribution >= 4 is 11.0 Å². The summed E-state index contributed by atoms with van der Waals surface area (Å²) in [6.45, 7) is 6.14. The number of nitrogens with zero attached hydrogens (tertiary/aromatic N) is 1.